The molecule has 168 valence electrons. The van der Waals surface area contributed by atoms with Crippen molar-refractivity contribution in [2.75, 3.05) is 6.61 Å². The Balaban J connectivity index is 2.25. The van der Waals surface area contributed by atoms with Crippen molar-refractivity contribution in [1.82, 2.24) is 10.2 Å². The van der Waals surface area contributed by atoms with E-state index in [1.807, 2.05) is 77.9 Å². The van der Waals surface area contributed by atoms with E-state index in [2.05, 4.69) is 5.32 Å². The Morgan fingerprint density at radius 1 is 1.10 bits per heavy atom. The molecule has 0 saturated heterocycles. The zero-order valence-electron chi connectivity index (χ0n) is 19.3. The Bertz CT molecular complexity index is 904. The Hall–Kier alpha value is -2.53. The van der Waals surface area contributed by atoms with Crippen LogP contribution in [0.25, 0.3) is 0 Å². The lowest BCUT2D eigenvalue weighted by atomic mass is 10.1. The van der Waals surface area contributed by atoms with Crippen LogP contribution in [0, 0.1) is 20.8 Å². The van der Waals surface area contributed by atoms with Crippen LogP contribution in [0.4, 0.5) is 0 Å². The number of hydrogen-bond acceptors (Lipinski definition) is 3. The molecule has 0 unspecified atom stereocenters. The van der Waals surface area contributed by atoms with Gasteiger partial charge >= 0.3 is 0 Å². The number of ether oxygens (including phenoxy) is 1. The molecule has 2 aromatic carbocycles. The van der Waals surface area contributed by atoms with Crippen LogP contribution in [0.5, 0.6) is 5.75 Å². The minimum absolute atomic E-state index is 0.00580. The molecule has 2 amide bonds. The van der Waals surface area contributed by atoms with E-state index in [4.69, 9.17) is 16.3 Å². The largest absolute Gasteiger partial charge is 0.484 e. The van der Waals surface area contributed by atoms with Gasteiger partial charge in [0.1, 0.15) is 11.8 Å². The van der Waals surface area contributed by atoms with Gasteiger partial charge in [-0.2, -0.15) is 0 Å². The Morgan fingerprint density at radius 3 is 2.29 bits per heavy atom. The van der Waals surface area contributed by atoms with Gasteiger partial charge in [0.25, 0.3) is 5.91 Å². The second kappa shape index (κ2) is 11.2. The molecular formula is C25H33ClN2O3. The maximum atomic E-state index is 13.2. The number of amides is 2. The number of carbonyl (C=O) groups is 2. The van der Waals surface area contributed by atoms with E-state index in [9.17, 15) is 9.59 Å². The van der Waals surface area contributed by atoms with Gasteiger partial charge in [-0.3, -0.25) is 9.59 Å². The van der Waals surface area contributed by atoms with E-state index in [1.165, 1.54) is 0 Å². The number of nitrogens with zero attached hydrogens (tertiary/aromatic N) is 1. The fraction of sp³-hybridized carbons (Fsp3) is 0.440. The van der Waals surface area contributed by atoms with E-state index in [0.717, 1.165) is 22.3 Å². The number of aryl methyl sites for hydroxylation is 3. The molecule has 0 aromatic heterocycles. The van der Waals surface area contributed by atoms with Crippen molar-refractivity contribution in [2.45, 2.75) is 66.6 Å². The summed E-state index contributed by atoms with van der Waals surface area (Å²) in [6.45, 7) is 11.7. The quantitative estimate of drug-likeness (QED) is 0.593. The first kappa shape index (κ1) is 24.7. The summed E-state index contributed by atoms with van der Waals surface area (Å²) in [7, 11) is 0. The third kappa shape index (κ3) is 7.00. The molecule has 0 radical (unpaired) electrons. The number of halogens is 1. The minimum Gasteiger partial charge on any atom is -0.484 e. The van der Waals surface area contributed by atoms with Gasteiger partial charge in [0, 0.05) is 17.6 Å². The first-order valence-electron chi connectivity index (χ1n) is 10.7. The van der Waals surface area contributed by atoms with Crippen LogP contribution in [0.1, 0.15) is 49.4 Å². The number of benzene rings is 2. The van der Waals surface area contributed by atoms with E-state index >= 15 is 0 Å². The van der Waals surface area contributed by atoms with Crippen molar-refractivity contribution in [1.29, 1.82) is 0 Å². The summed E-state index contributed by atoms with van der Waals surface area (Å²) in [6, 6.07) is 11.0. The normalized spacial score (nSPS) is 11.9. The highest BCUT2D eigenvalue weighted by molar-refractivity contribution is 6.32. The Morgan fingerprint density at radius 2 is 1.74 bits per heavy atom. The van der Waals surface area contributed by atoms with Crippen molar-refractivity contribution in [3.63, 3.8) is 0 Å². The number of hydrogen-bond donors (Lipinski definition) is 1. The van der Waals surface area contributed by atoms with Crippen molar-refractivity contribution in [3.8, 4) is 5.75 Å². The zero-order chi connectivity index (χ0) is 23.1. The monoisotopic (exact) mass is 444 g/mol. The lowest BCUT2D eigenvalue weighted by molar-refractivity contribution is -0.143. The summed E-state index contributed by atoms with van der Waals surface area (Å²) >= 11 is 6.23. The van der Waals surface area contributed by atoms with Crippen molar-refractivity contribution < 1.29 is 14.3 Å². The van der Waals surface area contributed by atoms with Gasteiger partial charge in [-0.25, -0.2) is 0 Å². The standard InChI is InChI=1S/C25H33ClN2O3/c1-7-22(25(30)27-16(2)3)28(14-20-10-8-9-17(4)11-20)23(29)15-31-21-12-18(5)24(26)19(6)13-21/h8-13,16,22H,7,14-15H2,1-6H3,(H,27,30)/t22-/m0/s1. The lowest BCUT2D eigenvalue weighted by Gasteiger charge is -2.31. The van der Waals surface area contributed by atoms with Crippen LogP contribution in [-0.2, 0) is 16.1 Å². The number of carbonyl (C=O) groups excluding carboxylic acids is 2. The summed E-state index contributed by atoms with van der Waals surface area (Å²) in [6.07, 6.45) is 0.509. The molecule has 0 aliphatic rings. The topological polar surface area (TPSA) is 58.6 Å². The molecule has 2 rings (SSSR count). The molecule has 1 N–H and O–H groups in total. The fourth-order valence-electron chi connectivity index (χ4n) is 3.52. The molecule has 2 aromatic rings. The van der Waals surface area contributed by atoms with Crippen LogP contribution < -0.4 is 10.1 Å². The molecule has 1 atom stereocenters. The summed E-state index contributed by atoms with van der Waals surface area (Å²) < 4.78 is 5.80. The number of rotatable bonds is 9. The lowest BCUT2D eigenvalue weighted by Crippen LogP contribution is -2.51. The Kier molecular flexibility index (Phi) is 8.93. The molecule has 0 bridgehead atoms. The van der Waals surface area contributed by atoms with Crippen LogP contribution in [-0.4, -0.2) is 35.4 Å². The summed E-state index contributed by atoms with van der Waals surface area (Å²) in [5.74, 6) is 0.192. The molecule has 0 fully saturated rings. The maximum Gasteiger partial charge on any atom is 0.261 e. The molecule has 0 aliphatic heterocycles. The van der Waals surface area contributed by atoms with Crippen molar-refractivity contribution >= 4 is 23.4 Å². The highest BCUT2D eigenvalue weighted by atomic mass is 35.5. The van der Waals surface area contributed by atoms with E-state index < -0.39 is 6.04 Å². The van der Waals surface area contributed by atoms with Crippen LogP contribution in [0.15, 0.2) is 36.4 Å². The van der Waals surface area contributed by atoms with Gasteiger partial charge in [0.15, 0.2) is 6.61 Å². The van der Waals surface area contributed by atoms with Crippen LogP contribution in [0.2, 0.25) is 5.02 Å². The molecule has 31 heavy (non-hydrogen) atoms. The second-order valence-electron chi connectivity index (χ2n) is 8.26. The van der Waals surface area contributed by atoms with Crippen LogP contribution >= 0.6 is 11.6 Å². The Labute approximate surface area is 190 Å². The van der Waals surface area contributed by atoms with Crippen molar-refractivity contribution in [2.24, 2.45) is 0 Å². The highest BCUT2D eigenvalue weighted by Crippen LogP contribution is 2.26. The van der Waals surface area contributed by atoms with Gasteiger partial charge in [-0.05, 0) is 69.9 Å². The average molecular weight is 445 g/mol. The molecule has 0 heterocycles. The zero-order valence-corrected chi connectivity index (χ0v) is 20.0. The summed E-state index contributed by atoms with van der Waals surface area (Å²) in [5.41, 5.74) is 3.86. The fourth-order valence-corrected chi connectivity index (χ4v) is 3.63. The second-order valence-corrected chi connectivity index (χ2v) is 8.64. The predicted octanol–water partition coefficient (Wildman–Crippen LogP) is 4.98. The molecule has 0 saturated carbocycles. The molecular weight excluding hydrogens is 412 g/mol. The van der Waals surface area contributed by atoms with E-state index in [0.29, 0.717) is 23.7 Å². The predicted molar refractivity (Wildman–Crippen MR) is 126 cm³/mol. The van der Waals surface area contributed by atoms with Gasteiger partial charge < -0.3 is 15.0 Å². The first-order valence-corrected chi connectivity index (χ1v) is 11.0. The first-order chi connectivity index (χ1) is 14.6. The van der Waals surface area contributed by atoms with Gasteiger partial charge in [0.05, 0.1) is 0 Å². The third-order valence-electron chi connectivity index (χ3n) is 5.02. The average Bonchev–Trinajstić information content (AvgIpc) is 2.69. The molecule has 0 spiro atoms. The summed E-state index contributed by atoms with van der Waals surface area (Å²) in [4.78, 5) is 27.7. The van der Waals surface area contributed by atoms with Gasteiger partial charge in [-0.15, -0.1) is 0 Å². The summed E-state index contributed by atoms with van der Waals surface area (Å²) in [5, 5.41) is 3.62. The molecule has 0 aliphatic carbocycles. The minimum atomic E-state index is -0.576. The number of nitrogens with one attached hydrogen (secondary N) is 1. The molecule has 6 heteroatoms. The van der Waals surface area contributed by atoms with Gasteiger partial charge in [0.2, 0.25) is 5.91 Å². The smallest absolute Gasteiger partial charge is 0.261 e. The van der Waals surface area contributed by atoms with E-state index in [1.54, 1.807) is 4.90 Å². The molecule has 5 nitrogen and oxygen atoms in total. The third-order valence-corrected chi connectivity index (χ3v) is 5.62. The van der Waals surface area contributed by atoms with Crippen LogP contribution in [0.3, 0.4) is 0 Å². The maximum absolute atomic E-state index is 13.2. The highest BCUT2D eigenvalue weighted by Gasteiger charge is 2.29. The van der Waals surface area contributed by atoms with Gasteiger partial charge in [-0.1, -0.05) is 48.4 Å². The van der Waals surface area contributed by atoms with E-state index in [-0.39, 0.29) is 24.5 Å². The van der Waals surface area contributed by atoms with Crippen molar-refractivity contribution in [3.05, 3.63) is 63.7 Å². The SMILES string of the molecule is CC[C@@H](C(=O)NC(C)C)N(Cc1cccc(C)c1)C(=O)COc1cc(C)c(Cl)c(C)c1.